The fourth-order valence-corrected chi connectivity index (χ4v) is 0.959. The molecule has 0 aliphatic carbocycles. The van der Waals surface area contributed by atoms with E-state index in [-0.39, 0.29) is 0 Å². The van der Waals surface area contributed by atoms with E-state index in [1.807, 2.05) is 0 Å². The number of nitrogens with two attached hydrogens (primary N) is 1. The normalized spacial score (nSPS) is 16.0. The number of hydrogen-bond donors (Lipinski definition) is 2. The molecule has 0 bridgehead atoms. The van der Waals surface area contributed by atoms with E-state index in [1.54, 1.807) is 0 Å². The van der Waals surface area contributed by atoms with Gasteiger partial charge in [0.25, 0.3) is 0 Å². The molecule has 0 aromatic carbocycles. The van der Waals surface area contributed by atoms with Gasteiger partial charge >= 0.3 is 0 Å². The maximum absolute atomic E-state index is 5.51. The monoisotopic (exact) mass is 172 g/mol. The van der Waals surface area contributed by atoms with Crippen LogP contribution in [0.2, 0.25) is 0 Å². The first-order chi connectivity index (χ1) is 5.70. The molecule has 0 aromatic rings. The van der Waals surface area contributed by atoms with E-state index in [0.717, 1.165) is 25.6 Å². The zero-order chi connectivity index (χ0) is 9.40. The third kappa shape index (κ3) is 6.62. The molecule has 0 aliphatic heterocycles. The molecule has 0 spiro atoms. The fraction of sp³-hybridized carbons (Fsp3) is 1.00. The van der Waals surface area contributed by atoms with Crippen molar-refractivity contribution in [1.82, 2.24) is 5.32 Å². The molecule has 12 heavy (non-hydrogen) atoms. The van der Waals surface area contributed by atoms with Crippen molar-refractivity contribution in [1.29, 1.82) is 0 Å². The van der Waals surface area contributed by atoms with Crippen molar-refractivity contribution in [2.45, 2.75) is 33.6 Å². The van der Waals surface area contributed by atoms with Crippen molar-refractivity contribution < 1.29 is 0 Å². The minimum atomic E-state index is 0.662. The maximum atomic E-state index is 5.51. The molecular weight excluding hydrogens is 148 g/mol. The fourth-order valence-electron chi connectivity index (χ4n) is 0.959. The van der Waals surface area contributed by atoms with Crippen molar-refractivity contribution in [2.24, 2.45) is 17.6 Å². The third-order valence-electron chi connectivity index (χ3n) is 2.41. The van der Waals surface area contributed by atoms with Gasteiger partial charge < -0.3 is 11.1 Å². The summed E-state index contributed by atoms with van der Waals surface area (Å²) in [5.74, 6) is 1.47. The second-order valence-corrected chi connectivity index (χ2v) is 3.85. The lowest BCUT2D eigenvalue weighted by Gasteiger charge is -2.12. The molecule has 2 heteroatoms. The Kier molecular flexibility index (Phi) is 7.51. The Bertz CT molecular complexity index is 81.8. The van der Waals surface area contributed by atoms with Gasteiger partial charge in [-0.2, -0.15) is 0 Å². The van der Waals surface area contributed by atoms with Gasteiger partial charge in [-0.1, -0.05) is 27.2 Å². The summed E-state index contributed by atoms with van der Waals surface area (Å²) < 4.78 is 0. The number of nitrogens with one attached hydrogen (secondary N) is 1. The van der Waals surface area contributed by atoms with Crippen LogP contribution in [0.5, 0.6) is 0 Å². The standard InChI is InChI=1S/C10H24N2/c1-4-9(2)8-12-6-5-10(3)7-11/h9-10,12H,4-8,11H2,1-3H3. The van der Waals surface area contributed by atoms with Crippen molar-refractivity contribution in [2.75, 3.05) is 19.6 Å². The number of hydrogen-bond acceptors (Lipinski definition) is 2. The Morgan fingerprint density at radius 2 is 1.92 bits per heavy atom. The number of rotatable bonds is 7. The van der Waals surface area contributed by atoms with Crippen LogP contribution in [0.1, 0.15) is 33.6 Å². The van der Waals surface area contributed by atoms with E-state index in [4.69, 9.17) is 5.73 Å². The summed E-state index contributed by atoms with van der Waals surface area (Å²) in [4.78, 5) is 0. The van der Waals surface area contributed by atoms with E-state index in [1.165, 1.54) is 12.8 Å². The topological polar surface area (TPSA) is 38.0 Å². The molecule has 0 heterocycles. The second-order valence-electron chi connectivity index (χ2n) is 3.85. The molecule has 2 nitrogen and oxygen atoms in total. The van der Waals surface area contributed by atoms with Crippen molar-refractivity contribution in [3.05, 3.63) is 0 Å². The van der Waals surface area contributed by atoms with Gasteiger partial charge in [-0.25, -0.2) is 0 Å². The summed E-state index contributed by atoms with van der Waals surface area (Å²) >= 11 is 0. The van der Waals surface area contributed by atoms with E-state index in [2.05, 4.69) is 26.1 Å². The Hall–Kier alpha value is -0.0800. The second kappa shape index (κ2) is 7.56. The lowest BCUT2D eigenvalue weighted by molar-refractivity contribution is 0.460. The van der Waals surface area contributed by atoms with Gasteiger partial charge in [0.1, 0.15) is 0 Å². The summed E-state index contributed by atoms with van der Waals surface area (Å²) in [6.07, 6.45) is 2.46. The molecule has 0 rings (SSSR count). The molecule has 2 unspecified atom stereocenters. The summed E-state index contributed by atoms with van der Waals surface area (Å²) in [6, 6.07) is 0. The smallest absolute Gasteiger partial charge is 0.00233 e. The molecule has 0 aliphatic rings. The first-order valence-corrected chi connectivity index (χ1v) is 5.11. The van der Waals surface area contributed by atoms with Crippen LogP contribution in [0, 0.1) is 11.8 Å². The highest BCUT2D eigenvalue weighted by molar-refractivity contribution is 4.58. The molecular formula is C10H24N2. The third-order valence-corrected chi connectivity index (χ3v) is 2.41. The first-order valence-electron chi connectivity index (χ1n) is 5.11. The highest BCUT2D eigenvalue weighted by Gasteiger charge is 1.99. The predicted molar refractivity (Wildman–Crippen MR) is 55.2 cm³/mol. The van der Waals surface area contributed by atoms with Crippen LogP contribution in [-0.2, 0) is 0 Å². The van der Waals surface area contributed by atoms with E-state index in [0.29, 0.717) is 5.92 Å². The van der Waals surface area contributed by atoms with Crippen LogP contribution in [0.25, 0.3) is 0 Å². The minimum Gasteiger partial charge on any atom is -0.330 e. The Morgan fingerprint density at radius 3 is 2.42 bits per heavy atom. The van der Waals surface area contributed by atoms with Crippen LogP contribution in [0.4, 0.5) is 0 Å². The molecule has 3 N–H and O–H groups in total. The quantitative estimate of drug-likeness (QED) is 0.573. The van der Waals surface area contributed by atoms with Gasteiger partial charge in [0.15, 0.2) is 0 Å². The molecule has 0 saturated carbocycles. The van der Waals surface area contributed by atoms with Crippen LogP contribution in [-0.4, -0.2) is 19.6 Å². The zero-order valence-corrected chi connectivity index (χ0v) is 8.77. The van der Waals surface area contributed by atoms with Gasteiger partial charge in [0.2, 0.25) is 0 Å². The van der Waals surface area contributed by atoms with Gasteiger partial charge in [0.05, 0.1) is 0 Å². The Labute approximate surface area is 76.9 Å². The zero-order valence-electron chi connectivity index (χ0n) is 8.77. The van der Waals surface area contributed by atoms with Gasteiger partial charge in [0, 0.05) is 0 Å². The molecule has 0 radical (unpaired) electrons. The van der Waals surface area contributed by atoms with Crippen molar-refractivity contribution >= 4 is 0 Å². The Balaban J connectivity index is 3.10. The lowest BCUT2D eigenvalue weighted by atomic mass is 10.1. The maximum Gasteiger partial charge on any atom is -0.00233 e. The summed E-state index contributed by atoms with van der Waals surface area (Å²) in [5.41, 5.74) is 5.51. The molecule has 0 saturated heterocycles. The summed E-state index contributed by atoms with van der Waals surface area (Å²) in [6.45, 7) is 9.78. The van der Waals surface area contributed by atoms with Crippen LogP contribution in [0.3, 0.4) is 0 Å². The predicted octanol–water partition coefficient (Wildman–Crippen LogP) is 1.61. The van der Waals surface area contributed by atoms with E-state index >= 15 is 0 Å². The average Bonchev–Trinajstić information content (AvgIpc) is 2.11. The molecule has 0 fully saturated rings. The van der Waals surface area contributed by atoms with Gasteiger partial charge in [-0.3, -0.25) is 0 Å². The first kappa shape index (κ1) is 11.9. The molecule has 74 valence electrons. The molecule has 2 atom stereocenters. The SMILES string of the molecule is CCC(C)CNCCC(C)CN. The highest BCUT2D eigenvalue weighted by atomic mass is 14.9. The van der Waals surface area contributed by atoms with Crippen LogP contribution >= 0.6 is 0 Å². The van der Waals surface area contributed by atoms with Crippen LogP contribution in [0.15, 0.2) is 0 Å². The lowest BCUT2D eigenvalue weighted by Crippen LogP contribution is -2.24. The van der Waals surface area contributed by atoms with E-state index < -0.39 is 0 Å². The highest BCUT2D eigenvalue weighted by Crippen LogP contribution is 1.99. The summed E-state index contributed by atoms with van der Waals surface area (Å²) in [7, 11) is 0. The largest absolute Gasteiger partial charge is 0.330 e. The van der Waals surface area contributed by atoms with Crippen LogP contribution < -0.4 is 11.1 Å². The molecule has 0 aromatic heterocycles. The average molecular weight is 172 g/mol. The van der Waals surface area contributed by atoms with Crippen molar-refractivity contribution in [3.8, 4) is 0 Å². The molecule has 0 amide bonds. The van der Waals surface area contributed by atoms with E-state index in [9.17, 15) is 0 Å². The van der Waals surface area contributed by atoms with Gasteiger partial charge in [-0.05, 0) is 37.9 Å². The summed E-state index contributed by atoms with van der Waals surface area (Å²) in [5, 5.41) is 3.45. The van der Waals surface area contributed by atoms with Crippen molar-refractivity contribution in [3.63, 3.8) is 0 Å². The minimum absolute atomic E-state index is 0.662. The van der Waals surface area contributed by atoms with Gasteiger partial charge in [-0.15, -0.1) is 0 Å². The Morgan fingerprint density at radius 1 is 1.25 bits per heavy atom.